The molecule has 2 aromatic carbocycles. The number of nitrogens with one attached hydrogen (secondary N) is 1. The highest BCUT2D eigenvalue weighted by Crippen LogP contribution is 2.28. The Balaban J connectivity index is 2.02. The molecule has 0 saturated heterocycles. The molecule has 25 heavy (non-hydrogen) atoms. The van der Waals surface area contributed by atoms with E-state index in [2.05, 4.69) is 4.72 Å². The minimum atomic E-state index is -3.59. The number of benzene rings is 2. The number of sulfonamides is 1. The van der Waals surface area contributed by atoms with E-state index < -0.39 is 10.0 Å². The lowest BCUT2D eigenvalue weighted by Crippen LogP contribution is -2.28. The summed E-state index contributed by atoms with van der Waals surface area (Å²) in [6.07, 6.45) is 0. The number of methoxy groups -OCH3 is 1. The summed E-state index contributed by atoms with van der Waals surface area (Å²) >= 11 is 0. The second-order valence-electron chi connectivity index (χ2n) is 6.07. The summed E-state index contributed by atoms with van der Waals surface area (Å²) in [5.74, 6) is 1.61. The summed E-state index contributed by atoms with van der Waals surface area (Å²) in [7, 11) is -2.01. The Labute approximate surface area is 150 Å². The van der Waals surface area contributed by atoms with Gasteiger partial charge in [-0.05, 0) is 48.2 Å². The molecule has 0 fully saturated rings. The number of para-hydroxylation sites is 1. The van der Waals surface area contributed by atoms with E-state index in [1.807, 2.05) is 45.0 Å². The van der Waals surface area contributed by atoms with Crippen molar-refractivity contribution in [2.45, 2.75) is 31.6 Å². The van der Waals surface area contributed by atoms with E-state index in [1.165, 1.54) is 0 Å². The van der Waals surface area contributed by atoms with Crippen molar-refractivity contribution >= 4 is 10.0 Å². The van der Waals surface area contributed by atoms with Gasteiger partial charge in [0.05, 0.1) is 12.0 Å². The van der Waals surface area contributed by atoms with Crippen LogP contribution in [0.3, 0.4) is 0 Å². The van der Waals surface area contributed by atoms with Gasteiger partial charge >= 0.3 is 0 Å². The summed E-state index contributed by atoms with van der Waals surface area (Å²) in [5, 5.41) is 0. The Morgan fingerprint density at radius 2 is 1.80 bits per heavy atom. The predicted molar refractivity (Wildman–Crippen MR) is 98.9 cm³/mol. The van der Waals surface area contributed by atoms with Gasteiger partial charge in [0, 0.05) is 6.54 Å². The highest BCUT2D eigenvalue weighted by molar-refractivity contribution is 7.89. The first-order valence-electron chi connectivity index (χ1n) is 8.21. The Hall–Kier alpha value is -2.05. The van der Waals surface area contributed by atoms with Crippen molar-refractivity contribution in [2.75, 3.05) is 20.3 Å². The molecule has 0 saturated carbocycles. The predicted octanol–water partition coefficient (Wildman–Crippen LogP) is 3.48. The Kier molecular flexibility index (Phi) is 6.45. The van der Waals surface area contributed by atoms with Gasteiger partial charge in [0.25, 0.3) is 0 Å². The van der Waals surface area contributed by atoms with Crippen LogP contribution in [0.15, 0.2) is 47.4 Å². The van der Waals surface area contributed by atoms with Gasteiger partial charge in [0.15, 0.2) is 0 Å². The molecular formula is C19H25NO4S. The fourth-order valence-electron chi connectivity index (χ4n) is 2.47. The van der Waals surface area contributed by atoms with Crippen LogP contribution >= 0.6 is 0 Å². The van der Waals surface area contributed by atoms with Crippen LogP contribution in [0.1, 0.15) is 30.9 Å². The van der Waals surface area contributed by atoms with Gasteiger partial charge in [0.2, 0.25) is 10.0 Å². The van der Waals surface area contributed by atoms with Gasteiger partial charge in [-0.25, -0.2) is 13.1 Å². The van der Waals surface area contributed by atoms with Gasteiger partial charge in [-0.1, -0.05) is 32.0 Å². The molecule has 0 bridgehead atoms. The Bertz CT molecular complexity index is 816. The smallest absolute Gasteiger partial charge is 0.240 e. The zero-order chi connectivity index (χ0) is 18.4. The lowest BCUT2D eigenvalue weighted by Gasteiger charge is -2.14. The molecule has 0 spiro atoms. The van der Waals surface area contributed by atoms with E-state index in [0.717, 1.165) is 16.9 Å². The van der Waals surface area contributed by atoms with Gasteiger partial charge < -0.3 is 9.47 Å². The van der Waals surface area contributed by atoms with Crippen LogP contribution in [0.2, 0.25) is 0 Å². The van der Waals surface area contributed by atoms with Crippen LogP contribution in [0.5, 0.6) is 11.5 Å². The second kappa shape index (κ2) is 8.36. The van der Waals surface area contributed by atoms with Crippen molar-refractivity contribution in [3.05, 3.63) is 53.6 Å². The second-order valence-corrected chi connectivity index (χ2v) is 7.84. The minimum absolute atomic E-state index is 0.162. The molecule has 0 amide bonds. The third-order valence-corrected chi connectivity index (χ3v) is 5.34. The van der Waals surface area contributed by atoms with Gasteiger partial charge in [-0.2, -0.15) is 0 Å². The normalized spacial score (nSPS) is 11.6. The molecule has 6 heteroatoms. The summed E-state index contributed by atoms with van der Waals surface area (Å²) in [5.41, 5.74) is 1.88. The standard InChI is InChI=1S/C19H25NO4S/c1-14(2)17-13-16(9-10-19(17)23-4)25(21,22)20-11-12-24-18-8-6-5-7-15(18)3/h5-10,13-14,20H,11-12H2,1-4H3. The SMILES string of the molecule is COc1ccc(S(=O)(=O)NCCOc2ccccc2C)cc1C(C)C. The molecular weight excluding hydrogens is 338 g/mol. The van der Waals surface area contributed by atoms with Crippen molar-refractivity contribution < 1.29 is 17.9 Å². The third kappa shape index (κ3) is 4.96. The number of ether oxygens (including phenoxy) is 2. The molecule has 5 nitrogen and oxygen atoms in total. The monoisotopic (exact) mass is 363 g/mol. The first-order chi connectivity index (χ1) is 11.8. The molecule has 2 aromatic rings. The van der Waals surface area contributed by atoms with Crippen LogP contribution in [0, 0.1) is 6.92 Å². The molecule has 136 valence electrons. The van der Waals surface area contributed by atoms with Gasteiger partial charge in [0.1, 0.15) is 18.1 Å². The average molecular weight is 363 g/mol. The van der Waals surface area contributed by atoms with Crippen LogP contribution in [0.25, 0.3) is 0 Å². The van der Waals surface area contributed by atoms with Gasteiger partial charge in [-0.3, -0.25) is 0 Å². The Morgan fingerprint density at radius 1 is 1.08 bits per heavy atom. The molecule has 0 aromatic heterocycles. The Morgan fingerprint density at radius 3 is 2.44 bits per heavy atom. The number of hydrogen-bond acceptors (Lipinski definition) is 4. The fraction of sp³-hybridized carbons (Fsp3) is 0.368. The molecule has 2 rings (SSSR count). The minimum Gasteiger partial charge on any atom is -0.496 e. The third-order valence-electron chi connectivity index (χ3n) is 3.88. The highest BCUT2D eigenvalue weighted by atomic mass is 32.2. The lowest BCUT2D eigenvalue weighted by molar-refractivity contribution is 0.320. The van der Waals surface area contributed by atoms with Crippen molar-refractivity contribution in [3.63, 3.8) is 0 Å². The fourth-order valence-corrected chi connectivity index (χ4v) is 3.52. The lowest BCUT2D eigenvalue weighted by atomic mass is 10.0. The van der Waals surface area contributed by atoms with Crippen molar-refractivity contribution in [1.82, 2.24) is 4.72 Å². The average Bonchev–Trinajstić information content (AvgIpc) is 2.59. The van der Waals surface area contributed by atoms with Crippen molar-refractivity contribution in [1.29, 1.82) is 0 Å². The summed E-state index contributed by atoms with van der Waals surface area (Å²) in [4.78, 5) is 0.230. The molecule has 0 radical (unpaired) electrons. The summed E-state index contributed by atoms with van der Waals surface area (Å²) in [6, 6.07) is 12.5. The van der Waals surface area contributed by atoms with Crippen LogP contribution in [-0.4, -0.2) is 28.7 Å². The van der Waals surface area contributed by atoms with Crippen LogP contribution in [0.4, 0.5) is 0 Å². The molecule has 1 N–H and O–H groups in total. The topological polar surface area (TPSA) is 64.6 Å². The van der Waals surface area contributed by atoms with E-state index in [0.29, 0.717) is 5.75 Å². The van der Waals surface area contributed by atoms with Crippen molar-refractivity contribution in [2.24, 2.45) is 0 Å². The summed E-state index contributed by atoms with van der Waals surface area (Å²) in [6.45, 7) is 6.40. The molecule has 0 aliphatic heterocycles. The number of rotatable bonds is 8. The zero-order valence-corrected chi connectivity index (χ0v) is 15.9. The largest absolute Gasteiger partial charge is 0.496 e. The molecule has 0 unspecified atom stereocenters. The van der Waals surface area contributed by atoms with E-state index in [9.17, 15) is 8.42 Å². The maximum absolute atomic E-state index is 12.5. The summed E-state index contributed by atoms with van der Waals surface area (Å²) < 4.78 is 38.4. The van der Waals surface area contributed by atoms with E-state index in [4.69, 9.17) is 9.47 Å². The number of aryl methyl sites for hydroxylation is 1. The molecule has 0 atom stereocenters. The maximum atomic E-state index is 12.5. The quantitative estimate of drug-likeness (QED) is 0.729. The first-order valence-corrected chi connectivity index (χ1v) is 9.69. The molecule has 0 heterocycles. The highest BCUT2D eigenvalue weighted by Gasteiger charge is 2.17. The van der Waals surface area contributed by atoms with E-state index >= 15 is 0 Å². The molecule has 0 aliphatic carbocycles. The number of hydrogen-bond donors (Lipinski definition) is 1. The zero-order valence-electron chi connectivity index (χ0n) is 15.1. The van der Waals surface area contributed by atoms with E-state index in [-0.39, 0.29) is 24.0 Å². The molecule has 0 aliphatic rings. The maximum Gasteiger partial charge on any atom is 0.240 e. The van der Waals surface area contributed by atoms with Crippen molar-refractivity contribution in [3.8, 4) is 11.5 Å². The van der Waals surface area contributed by atoms with Gasteiger partial charge in [-0.15, -0.1) is 0 Å². The van der Waals surface area contributed by atoms with E-state index in [1.54, 1.807) is 25.3 Å². The first kappa shape index (κ1) is 19.3. The van der Waals surface area contributed by atoms with Crippen LogP contribution in [-0.2, 0) is 10.0 Å². The van der Waals surface area contributed by atoms with Crippen LogP contribution < -0.4 is 14.2 Å².